The Labute approximate surface area is 120 Å². The van der Waals surface area contributed by atoms with Crippen molar-refractivity contribution >= 4 is 17.1 Å². The van der Waals surface area contributed by atoms with E-state index in [4.69, 9.17) is 0 Å². The van der Waals surface area contributed by atoms with Crippen molar-refractivity contribution in [2.24, 2.45) is 0 Å². The van der Waals surface area contributed by atoms with Gasteiger partial charge in [0.25, 0.3) is 0 Å². The summed E-state index contributed by atoms with van der Waals surface area (Å²) in [5.74, 6) is 0. The van der Waals surface area contributed by atoms with Crippen LogP contribution in [0.4, 0.5) is 17.1 Å². The van der Waals surface area contributed by atoms with Gasteiger partial charge >= 0.3 is 5.69 Å². The van der Waals surface area contributed by atoms with Gasteiger partial charge in [-0.05, 0) is 40.0 Å². The highest BCUT2D eigenvalue weighted by Crippen LogP contribution is 2.32. The van der Waals surface area contributed by atoms with Gasteiger partial charge in [-0.1, -0.05) is 6.07 Å². The lowest BCUT2D eigenvalue weighted by molar-refractivity contribution is -0.383. The number of nitro groups is 1. The van der Waals surface area contributed by atoms with E-state index in [0.29, 0.717) is 30.5 Å². The summed E-state index contributed by atoms with van der Waals surface area (Å²) in [7, 11) is 2.04. The summed E-state index contributed by atoms with van der Waals surface area (Å²) in [4.78, 5) is 13.1. The number of nitro benzene ring substituents is 1. The maximum Gasteiger partial charge on any atom is 0.315 e. The zero-order valence-electron chi connectivity index (χ0n) is 12.6. The average Bonchev–Trinajstić information content (AvgIpc) is 2.38. The molecule has 1 rings (SSSR count). The Balaban J connectivity index is 2.79. The highest BCUT2D eigenvalue weighted by molar-refractivity contribution is 5.76. The molecule has 0 saturated heterocycles. The lowest BCUT2D eigenvalue weighted by atomic mass is 10.2. The van der Waals surface area contributed by atoms with E-state index in [2.05, 4.69) is 29.4 Å². The van der Waals surface area contributed by atoms with E-state index < -0.39 is 0 Å². The van der Waals surface area contributed by atoms with Gasteiger partial charge in [0.15, 0.2) is 0 Å². The lowest BCUT2D eigenvalue weighted by Gasteiger charge is -2.21. The fraction of sp³-hybridized carbons (Fsp3) is 0.571. The Morgan fingerprint density at radius 1 is 1.30 bits per heavy atom. The van der Waals surface area contributed by atoms with E-state index in [1.54, 1.807) is 12.1 Å². The first kappa shape index (κ1) is 16.2. The van der Waals surface area contributed by atoms with Gasteiger partial charge in [0.2, 0.25) is 0 Å². The Morgan fingerprint density at radius 3 is 2.40 bits per heavy atom. The number of nitrogens with one attached hydrogen (secondary N) is 2. The number of rotatable bonds is 8. The monoisotopic (exact) mass is 280 g/mol. The number of para-hydroxylation sites is 1. The van der Waals surface area contributed by atoms with Gasteiger partial charge in [0.05, 0.1) is 4.92 Å². The lowest BCUT2D eigenvalue weighted by Crippen LogP contribution is -2.31. The zero-order chi connectivity index (χ0) is 15.1. The molecule has 112 valence electrons. The summed E-state index contributed by atoms with van der Waals surface area (Å²) in [5, 5.41) is 17.4. The van der Waals surface area contributed by atoms with Crippen molar-refractivity contribution in [3.8, 4) is 0 Å². The molecule has 0 unspecified atom stereocenters. The molecule has 6 heteroatoms. The first-order valence-electron chi connectivity index (χ1n) is 6.92. The summed E-state index contributed by atoms with van der Waals surface area (Å²) in [5.41, 5.74) is 1.23. The van der Waals surface area contributed by atoms with Crippen molar-refractivity contribution in [2.45, 2.75) is 26.8 Å². The molecule has 1 aromatic carbocycles. The van der Waals surface area contributed by atoms with Gasteiger partial charge in [-0.15, -0.1) is 0 Å². The van der Waals surface area contributed by atoms with Crippen LogP contribution in [0.3, 0.4) is 0 Å². The van der Waals surface area contributed by atoms with E-state index in [0.717, 1.165) is 6.54 Å². The van der Waals surface area contributed by atoms with Crippen molar-refractivity contribution < 1.29 is 4.92 Å². The van der Waals surface area contributed by atoms with E-state index in [9.17, 15) is 10.1 Å². The minimum absolute atomic E-state index is 0.113. The second-order valence-corrected chi connectivity index (χ2v) is 4.99. The number of nitrogens with zero attached hydrogens (tertiary/aromatic N) is 2. The van der Waals surface area contributed by atoms with Crippen LogP contribution in [0.2, 0.25) is 0 Å². The van der Waals surface area contributed by atoms with Crippen LogP contribution in [-0.4, -0.2) is 42.5 Å². The van der Waals surface area contributed by atoms with Gasteiger partial charge in [-0.2, -0.15) is 0 Å². The van der Waals surface area contributed by atoms with Crippen LogP contribution in [-0.2, 0) is 0 Å². The molecule has 0 aliphatic carbocycles. The second kappa shape index (κ2) is 7.69. The number of hydrogen-bond donors (Lipinski definition) is 2. The number of anilines is 2. The Hall–Kier alpha value is -1.82. The van der Waals surface area contributed by atoms with Gasteiger partial charge in [0, 0.05) is 25.7 Å². The topological polar surface area (TPSA) is 70.4 Å². The minimum atomic E-state index is -0.341. The van der Waals surface area contributed by atoms with Crippen LogP contribution in [0.1, 0.15) is 20.8 Å². The third-order valence-corrected chi connectivity index (χ3v) is 3.25. The smallest absolute Gasteiger partial charge is 0.315 e. The molecule has 20 heavy (non-hydrogen) atoms. The van der Waals surface area contributed by atoms with Crippen LogP contribution < -0.4 is 10.6 Å². The Morgan fingerprint density at radius 2 is 1.90 bits per heavy atom. The predicted octanol–water partition coefficient (Wildman–Crippen LogP) is 2.78. The molecule has 6 nitrogen and oxygen atoms in total. The van der Waals surface area contributed by atoms with Crippen molar-refractivity contribution in [1.29, 1.82) is 0 Å². The van der Waals surface area contributed by atoms with Gasteiger partial charge in [-0.25, -0.2) is 0 Å². The van der Waals surface area contributed by atoms with Gasteiger partial charge in [-0.3, -0.25) is 10.1 Å². The molecule has 0 saturated carbocycles. The molecule has 0 atom stereocenters. The zero-order valence-corrected chi connectivity index (χ0v) is 12.6. The molecule has 0 spiro atoms. The molecule has 2 N–H and O–H groups in total. The van der Waals surface area contributed by atoms with Crippen LogP contribution in [0.25, 0.3) is 0 Å². The largest absolute Gasteiger partial charge is 0.380 e. The van der Waals surface area contributed by atoms with Crippen molar-refractivity contribution in [1.82, 2.24) is 4.90 Å². The summed E-state index contributed by atoms with van der Waals surface area (Å²) >= 11 is 0. The van der Waals surface area contributed by atoms with Crippen LogP contribution in [0.5, 0.6) is 0 Å². The highest BCUT2D eigenvalue weighted by Gasteiger charge is 2.18. The van der Waals surface area contributed by atoms with E-state index in [1.165, 1.54) is 0 Å². The normalized spacial score (nSPS) is 10.9. The number of likely N-dealkylation sites (N-methyl/N-ethyl adjacent to an activating group) is 1. The molecule has 0 aliphatic heterocycles. The first-order valence-corrected chi connectivity index (χ1v) is 6.92. The number of benzene rings is 1. The Bertz CT molecular complexity index is 449. The molecule has 0 aromatic heterocycles. The number of hydrogen-bond acceptors (Lipinski definition) is 5. The molecular weight excluding hydrogens is 256 g/mol. The molecular formula is C14H24N4O2. The van der Waals surface area contributed by atoms with E-state index in [1.807, 2.05) is 20.0 Å². The van der Waals surface area contributed by atoms with Crippen LogP contribution in [0.15, 0.2) is 18.2 Å². The van der Waals surface area contributed by atoms with Gasteiger partial charge < -0.3 is 15.5 Å². The average molecular weight is 280 g/mol. The first-order chi connectivity index (χ1) is 9.47. The maximum atomic E-state index is 11.2. The highest BCUT2D eigenvalue weighted by atomic mass is 16.6. The van der Waals surface area contributed by atoms with E-state index in [-0.39, 0.29) is 10.6 Å². The maximum absolute atomic E-state index is 11.2. The van der Waals surface area contributed by atoms with Crippen molar-refractivity contribution in [2.75, 3.05) is 37.3 Å². The van der Waals surface area contributed by atoms with Crippen molar-refractivity contribution in [3.63, 3.8) is 0 Å². The standard InChI is InChI=1S/C14H24N4O2/c1-5-15-12-7-6-8-13(14(12)18(19)20)16-9-10-17(4)11(2)3/h6-8,11,15-16H,5,9-10H2,1-4H3. The quantitative estimate of drug-likeness (QED) is 0.566. The fourth-order valence-electron chi connectivity index (χ4n) is 1.84. The summed E-state index contributed by atoms with van der Waals surface area (Å²) in [6.45, 7) is 8.32. The van der Waals surface area contributed by atoms with Crippen LogP contribution in [0, 0.1) is 10.1 Å². The minimum Gasteiger partial charge on any atom is -0.380 e. The fourth-order valence-corrected chi connectivity index (χ4v) is 1.84. The molecule has 0 heterocycles. The third-order valence-electron chi connectivity index (χ3n) is 3.25. The van der Waals surface area contributed by atoms with Crippen molar-refractivity contribution in [3.05, 3.63) is 28.3 Å². The SMILES string of the molecule is CCNc1cccc(NCCN(C)C(C)C)c1[N+](=O)[O-]. The molecule has 1 aromatic rings. The third kappa shape index (κ3) is 4.38. The summed E-state index contributed by atoms with van der Waals surface area (Å²) < 4.78 is 0. The van der Waals surface area contributed by atoms with Crippen LogP contribution >= 0.6 is 0 Å². The van der Waals surface area contributed by atoms with E-state index >= 15 is 0 Å². The second-order valence-electron chi connectivity index (χ2n) is 4.99. The molecule has 0 aliphatic rings. The van der Waals surface area contributed by atoms with Gasteiger partial charge in [0.1, 0.15) is 11.4 Å². The molecule has 0 radical (unpaired) electrons. The molecule has 0 bridgehead atoms. The molecule has 0 fully saturated rings. The molecule has 0 amide bonds. The Kier molecular flexibility index (Phi) is 6.24. The summed E-state index contributed by atoms with van der Waals surface area (Å²) in [6.07, 6.45) is 0. The predicted molar refractivity (Wildman–Crippen MR) is 83.5 cm³/mol. The summed E-state index contributed by atoms with van der Waals surface area (Å²) in [6, 6.07) is 5.75.